The van der Waals surface area contributed by atoms with Crippen molar-refractivity contribution in [1.82, 2.24) is 15.2 Å². The summed E-state index contributed by atoms with van der Waals surface area (Å²) in [5.41, 5.74) is 2.47. The molecule has 3 nitrogen and oxygen atoms in total. The molecule has 2 rings (SSSR count). The number of benzene rings is 1. The molecule has 0 amide bonds. The van der Waals surface area contributed by atoms with Crippen molar-refractivity contribution in [3.63, 3.8) is 0 Å². The Balaban J connectivity index is 1.84. The van der Waals surface area contributed by atoms with E-state index in [0.717, 1.165) is 34.8 Å². The number of hydrogen-bond acceptors (Lipinski definition) is 4. The first-order valence-corrected chi connectivity index (χ1v) is 8.80. The number of halogens is 1. The molecule has 0 unspecified atom stereocenters. The molecule has 1 heterocycles. The molecule has 1 N–H and O–H groups in total. The third kappa shape index (κ3) is 5.87. The van der Waals surface area contributed by atoms with Crippen LogP contribution in [0.2, 0.25) is 0 Å². The van der Waals surface area contributed by atoms with Gasteiger partial charge in [-0.25, -0.2) is 4.98 Å². The van der Waals surface area contributed by atoms with Gasteiger partial charge in [0.25, 0.3) is 0 Å². The minimum absolute atomic E-state index is 0.498. The van der Waals surface area contributed by atoms with Crippen LogP contribution in [0, 0.1) is 0 Å². The summed E-state index contributed by atoms with van der Waals surface area (Å²) in [6.45, 7) is 6.98. The fourth-order valence-corrected chi connectivity index (χ4v) is 3.03. The van der Waals surface area contributed by atoms with Crippen molar-refractivity contribution in [1.29, 1.82) is 0 Å². The van der Waals surface area contributed by atoms with Gasteiger partial charge >= 0.3 is 0 Å². The maximum Gasteiger partial charge on any atom is 0.107 e. The molecule has 1 aromatic carbocycles. The zero-order valence-electron chi connectivity index (χ0n) is 12.8. The van der Waals surface area contributed by atoms with E-state index in [4.69, 9.17) is 0 Å². The predicted octanol–water partition coefficient (Wildman–Crippen LogP) is 4.04. The van der Waals surface area contributed by atoms with E-state index in [9.17, 15) is 0 Å². The van der Waals surface area contributed by atoms with Gasteiger partial charge in [0.05, 0.1) is 5.69 Å². The maximum absolute atomic E-state index is 4.68. The third-order valence-corrected chi connectivity index (χ3v) is 4.48. The number of nitrogens with one attached hydrogen (secondary N) is 1. The molecule has 0 bridgehead atoms. The Kier molecular flexibility index (Phi) is 6.36. The van der Waals surface area contributed by atoms with Gasteiger partial charge in [-0.3, -0.25) is 4.90 Å². The van der Waals surface area contributed by atoms with E-state index in [2.05, 4.69) is 81.7 Å². The van der Waals surface area contributed by atoms with E-state index in [1.54, 1.807) is 11.3 Å². The summed E-state index contributed by atoms with van der Waals surface area (Å²) < 4.78 is 1.12. The summed E-state index contributed by atoms with van der Waals surface area (Å²) in [4.78, 5) is 6.97. The van der Waals surface area contributed by atoms with Gasteiger partial charge in [0.1, 0.15) is 5.01 Å². The topological polar surface area (TPSA) is 28.2 Å². The molecule has 0 spiro atoms. The average Bonchev–Trinajstić information content (AvgIpc) is 2.86. The van der Waals surface area contributed by atoms with Crippen molar-refractivity contribution in [3.8, 4) is 0 Å². The molecule has 0 radical (unpaired) electrons. The lowest BCUT2D eigenvalue weighted by atomic mass is 10.2. The fourth-order valence-electron chi connectivity index (χ4n) is 2.03. The highest BCUT2D eigenvalue weighted by Gasteiger charge is 2.06. The van der Waals surface area contributed by atoms with Crippen molar-refractivity contribution in [2.24, 2.45) is 0 Å². The monoisotopic (exact) mass is 367 g/mol. The van der Waals surface area contributed by atoms with Gasteiger partial charge in [-0.05, 0) is 24.7 Å². The second kappa shape index (κ2) is 8.03. The first-order chi connectivity index (χ1) is 10.0. The smallest absolute Gasteiger partial charge is 0.107 e. The lowest BCUT2D eigenvalue weighted by molar-refractivity contribution is 0.315. The van der Waals surface area contributed by atoms with E-state index in [0.29, 0.717) is 6.04 Å². The van der Waals surface area contributed by atoms with Crippen molar-refractivity contribution < 1.29 is 0 Å². The molecule has 0 fully saturated rings. The van der Waals surface area contributed by atoms with Crippen LogP contribution < -0.4 is 5.32 Å². The Morgan fingerprint density at radius 1 is 1.24 bits per heavy atom. The highest BCUT2D eigenvalue weighted by atomic mass is 79.9. The van der Waals surface area contributed by atoms with Crippen LogP contribution in [-0.2, 0) is 19.6 Å². The SMILES string of the molecule is CC(C)NCc1nc(CN(C)Cc2ccc(Br)cc2)cs1. The molecule has 114 valence electrons. The summed E-state index contributed by atoms with van der Waals surface area (Å²) in [5.74, 6) is 0. The number of nitrogens with zero attached hydrogens (tertiary/aromatic N) is 2. The Morgan fingerprint density at radius 3 is 2.62 bits per heavy atom. The molecular weight excluding hydrogens is 346 g/mol. The maximum atomic E-state index is 4.68. The van der Waals surface area contributed by atoms with E-state index < -0.39 is 0 Å². The molecule has 21 heavy (non-hydrogen) atoms. The zero-order valence-corrected chi connectivity index (χ0v) is 15.2. The Hall–Kier alpha value is -0.750. The van der Waals surface area contributed by atoms with Gasteiger partial charge in [-0.2, -0.15) is 0 Å². The molecule has 0 saturated carbocycles. The molecule has 0 saturated heterocycles. The Bertz CT molecular complexity index is 551. The lowest BCUT2D eigenvalue weighted by Gasteiger charge is -2.15. The van der Waals surface area contributed by atoms with E-state index in [-0.39, 0.29) is 0 Å². The quantitative estimate of drug-likeness (QED) is 0.800. The average molecular weight is 368 g/mol. The first-order valence-electron chi connectivity index (χ1n) is 7.12. The largest absolute Gasteiger partial charge is 0.308 e. The lowest BCUT2D eigenvalue weighted by Crippen LogP contribution is -2.22. The zero-order chi connectivity index (χ0) is 15.2. The van der Waals surface area contributed by atoms with E-state index >= 15 is 0 Å². The van der Waals surface area contributed by atoms with Gasteiger partial charge in [-0.1, -0.05) is 41.9 Å². The van der Waals surface area contributed by atoms with Crippen molar-refractivity contribution in [2.75, 3.05) is 7.05 Å². The van der Waals surface area contributed by atoms with Crippen LogP contribution in [0.15, 0.2) is 34.1 Å². The summed E-state index contributed by atoms with van der Waals surface area (Å²) in [5, 5.41) is 6.73. The minimum Gasteiger partial charge on any atom is -0.308 e. The molecule has 0 atom stereocenters. The van der Waals surface area contributed by atoms with Gasteiger partial charge in [0.2, 0.25) is 0 Å². The summed E-state index contributed by atoms with van der Waals surface area (Å²) >= 11 is 5.20. The van der Waals surface area contributed by atoms with Gasteiger partial charge in [0.15, 0.2) is 0 Å². The molecule has 1 aromatic heterocycles. The molecular formula is C16H22BrN3S. The van der Waals surface area contributed by atoms with Gasteiger partial charge < -0.3 is 5.32 Å². The van der Waals surface area contributed by atoms with E-state index in [1.165, 1.54) is 5.56 Å². The highest BCUT2D eigenvalue weighted by Crippen LogP contribution is 2.15. The molecule has 0 aliphatic carbocycles. The van der Waals surface area contributed by atoms with Crippen LogP contribution in [0.3, 0.4) is 0 Å². The van der Waals surface area contributed by atoms with Crippen molar-refractivity contribution in [3.05, 3.63) is 50.4 Å². The number of rotatable bonds is 7. The number of hydrogen-bond donors (Lipinski definition) is 1. The minimum atomic E-state index is 0.498. The van der Waals surface area contributed by atoms with Crippen LogP contribution in [0.5, 0.6) is 0 Å². The molecule has 0 aliphatic heterocycles. The summed E-state index contributed by atoms with van der Waals surface area (Å²) in [7, 11) is 2.13. The standard InChI is InChI=1S/C16H22BrN3S/c1-12(2)18-8-16-19-15(11-21-16)10-20(3)9-13-4-6-14(17)7-5-13/h4-7,11-12,18H,8-10H2,1-3H3. The number of aromatic nitrogens is 1. The molecule has 2 aromatic rings. The molecule has 5 heteroatoms. The Morgan fingerprint density at radius 2 is 1.95 bits per heavy atom. The van der Waals surface area contributed by atoms with Crippen LogP contribution in [0.4, 0.5) is 0 Å². The van der Waals surface area contributed by atoms with Crippen molar-refractivity contribution in [2.45, 2.75) is 39.5 Å². The summed E-state index contributed by atoms with van der Waals surface area (Å²) in [6.07, 6.45) is 0. The van der Waals surface area contributed by atoms with Crippen LogP contribution in [0.1, 0.15) is 30.1 Å². The third-order valence-electron chi connectivity index (χ3n) is 3.06. The number of thiazole rings is 1. The van der Waals surface area contributed by atoms with Crippen LogP contribution >= 0.6 is 27.3 Å². The van der Waals surface area contributed by atoms with Crippen molar-refractivity contribution >= 4 is 27.3 Å². The van der Waals surface area contributed by atoms with Crippen LogP contribution in [-0.4, -0.2) is 23.0 Å². The summed E-state index contributed by atoms with van der Waals surface area (Å²) in [6, 6.07) is 8.97. The second-order valence-corrected chi connectivity index (χ2v) is 7.43. The van der Waals surface area contributed by atoms with Gasteiger partial charge in [0, 0.05) is 35.5 Å². The predicted molar refractivity (Wildman–Crippen MR) is 93.4 cm³/mol. The Labute approximate surface area is 139 Å². The second-order valence-electron chi connectivity index (χ2n) is 5.57. The highest BCUT2D eigenvalue weighted by molar-refractivity contribution is 9.10. The normalized spacial score (nSPS) is 11.5. The van der Waals surface area contributed by atoms with Crippen LogP contribution in [0.25, 0.3) is 0 Å². The van der Waals surface area contributed by atoms with Gasteiger partial charge in [-0.15, -0.1) is 11.3 Å². The first kappa shape index (κ1) is 16.6. The van der Waals surface area contributed by atoms with E-state index in [1.807, 2.05) is 0 Å². The fraction of sp³-hybridized carbons (Fsp3) is 0.438. The molecule has 0 aliphatic rings.